The monoisotopic (exact) mass is 399 g/mol. The second kappa shape index (κ2) is 6.88. The quantitative estimate of drug-likeness (QED) is 0.689. The number of likely N-dealkylation sites (tertiary alicyclic amines) is 1. The highest BCUT2D eigenvalue weighted by molar-refractivity contribution is 6.42. The molecule has 1 amide bonds. The molecule has 1 aromatic carbocycles. The van der Waals surface area contributed by atoms with Gasteiger partial charge in [-0.25, -0.2) is 4.79 Å². The van der Waals surface area contributed by atoms with Crippen LogP contribution in [0.4, 0.5) is 4.79 Å². The number of halogens is 2. The van der Waals surface area contributed by atoms with Crippen LogP contribution < -0.4 is 0 Å². The van der Waals surface area contributed by atoms with E-state index in [1.165, 1.54) is 5.56 Å². The number of hydrogen-bond donors (Lipinski definition) is 0. The van der Waals surface area contributed by atoms with Gasteiger partial charge in [0, 0.05) is 30.5 Å². The van der Waals surface area contributed by atoms with Gasteiger partial charge in [-0.15, -0.1) is 0 Å². The first-order valence-electron chi connectivity index (χ1n) is 9.14. The van der Waals surface area contributed by atoms with Crippen LogP contribution in [0.1, 0.15) is 46.1 Å². The maximum absolute atomic E-state index is 12.6. The first kappa shape index (κ1) is 19.8. The molecule has 0 unspecified atom stereocenters. The van der Waals surface area contributed by atoms with Gasteiger partial charge in [0.05, 0.1) is 16.7 Å². The number of rotatable bonds is 4. The van der Waals surface area contributed by atoms with E-state index in [-0.39, 0.29) is 16.9 Å². The van der Waals surface area contributed by atoms with Crippen molar-refractivity contribution in [3.63, 3.8) is 0 Å². The van der Waals surface area contributed by atoms with Crippen LogP contribution in [0.5, 0.6) is 0 Å². The largest absolute Gasteiger partial charge is 0.444 e. The molecule has 0 radical (unpaired) electrons. The lowest BCUT2D eigenvalue weighted by molar-refractivity contribution is 0.00206. The molecule has 1 aliphatic carbocycles. The number of ether oxygens (including phenoxy) is 2. The maximum atomic E-state index is 12.6. The van der Waals surface area contributed by atoms with Gasteiger partial charge in [-0.05, 0) is 58.2 Å². The number of carbonyl (C=O) groups excluding carboxylic acids is 1. The first-order chi connectivity index (χ1) is 12.1. The Labute approximate surface area is 165 Å². The fraction of sp³-hybridized carbons (Fsp3) is 0.650. The number of benzene rings is 1. The van der Waals surface area contributed by atoms with E-state index in [9.17, 15) is 4.79 Å². The highest BCUT2D eigenvalue weighted by Crippen LogP contribution is 2.69. The van der Waals surface area contributed by atoms with Crippen molar-refractivity contribution >= 4 is 29.3 Å². The van der Waals surface area contributed by atoms with Crippen molar-refractivity contribution < 1.29 is 14.3 Å². The molecular formula is C20H27Cl2NO3. The summed E-state index contributed by atoms with van der Waals surface area (Å²) in [5, 5.41) is 1.14. The van der Waals surface area contributed by atoms with Gasteiger partial charge in [-0.1, -0.05) is 29.3 Å². The summed E-state index contributed by atoms with van der Waals surface area (Å²) in [7, 11) is 0. The van der Waals surface area contributed by atoms with E-state index >= 15 is 0 Å². The summed E-state index contributed by atoms with van der Waals surface area (Å²) in [6.07, 6.45) is 1.61. The van der Waals surface area contributed by atoms with E-state index in [4.69, 9.17) is 32.7 Å². The van der Waals surface area contributed by atoms with E-state index < -0.39 is 5.60 Å². The molecule has 4 nitrogen and oxygen atoms in total. The second-order valence-corrected chi connectivity index (χ2v) is 9.27. The van der Waals surface area contributed by atoms with Crippen molar-refractivity contribution in [2.45, 2.75) is 51.6 Å². The summed E-state index contributed by atoms with van der Waals surface area (Å²) in [5.41, 5.74) is 0.603. The summed E-state index contributed by atoms with van der Waals surface area (Å²) in [6, 6.07) is 5.89. The molecule has 1 aromatic rings. The Morgan fingerprint density at radius 2 is 2.00 bits per heavy atom. The molecule has 2 aliphatic rings. The molecule has 26 heavy (non-hydrogen) atoms. The van der Waals surface area contributed by atoms with E-state index in [2.05, 4.69) is 6.07 Å². The molecule has 1 aliphatic heterocycles. The van der Waals surface area contributed by atoms with Gasteiger partial charge < -0.3 is 14.4 Å². The molecule has 6 heteroatoms. The Hall–Kier alpha value is -0.970. The molecule has 3 rings (SSSR count). The van der Waals surface area contributed by atoms with Gasteiger partial charge in [0.25, 0.3) is 0 Å². The number of carbonyl (C=O) groups is 1. The molecular weight excluding hydrogens is 373 g/mol. The molecule has 2 atom stereocenters. The van der Waals surface area contributed by atoms with Gasteiger partial charge in [0.1, 0.15) is 5.60 Å². The average molecular weight is 400 g/mol. The van der Waals surface area contributed by atoms with Crippen molar-refractivity contribution in [2.75, 3.05) is 26.3 Å². The fourth-order valence-corrected chi connectivity index (χ4v) is 4.52. The molecule has 0 bridgehead atoms. The second-order valence-electron chi connectivity index (χ2n) is 8.46. The zero-order valence-corrected chi connectivity index (χ0v) is 17.4. The zero-order valence-electron chi connectivity index (χ0n) is 15.9. The summed E-state index contributed by atoms with van der Waals surface area (Å²) < 4.78 is 11.4. The fourth-order valence-electron chi connectivity index (χ4n) is 4.23. The van der Waals surface area contributed by atoms with Crippen molar-refractivity contribution in [3.05, 3.63) is 33.8 Å². The van der Waals surface area contributed by atoms with E-state index in [0.717, 1.165) is 12.8 Å². The van der Waals surface area contributed by atoms with Crippen LogP contribution in [-0.4, -0.2) is 42.9 Å². The third-order valence-electron chi connectivity index (χ3n) is 5.54. The third kappa shape index (κ3) is 3.56. The molecule has 1 saturated heterocycles. The summed E-state index contributed by atoms with van der Waals surface area (Å²) in [5.74, 6) is 0. The highest BCUT2D eigenvalue weighted by Gasteiger charge is 2.70. The van der Waals surface area contributed by atoms with Crippen molar-refractivity contribution in [1.82, 2.24) is 4.90 Å². The van der Waals surface area contributed by atoms with Crippen molar-refractivity contribution in [2.24, 2.45) is 5.41 Å². The topological polar surface area (TPSA) is 38.8 Å². The average Bonchev–Trinajstić information content (AvgIpc) is 3.23. The maximum Gasteiger partial charge on any atom is 0.410 e. The summed E-state index contributed by atoms with van der Waals surface area (Å²) in [6.45, 7) is 10.3. The molecule has 1 heterocycles. The number of piperidine rings is 1. The van der Waals surface area contributed by atoms with Gasteiger partial charge in [0.15, 0.2) is 0 Å². The lowest BCUT2D eigenvalue weighted by atomic mass is 9.80. The standard InChI is InChI=1S/C20H27Cl2NO3/c1-5-25-13-19-11-20(19,14-6-7-15(21)16(22)10-14)8-9-23(12-19)17(24)26-18(2,3)4/h6-7,10H,5,8-9,11-13H2,1-4H3/t19-,20-/m0/s1. The van der Waals surface area contributed by atoms with Crippen molar-refractivity contribution in [1.29, 1.82) is 0 Å². The molecule has 0 aromatic heterocycles. The van der Waals surface area contributed by atoms with Crippen LogP contribution in [0.3, 0.4) is 0 Å². The first-order valence-corrected chi connectivity index (χ1v) is 9.89. The van der Waals surface area contributed by atoms with Crippen LogP contribution in [0.15, 0.2) is 18.2 Å². The minimum atomic E-state index is -0.494. The van der Waals surface area contributed by atoms with Gasteiger partial charge in [-0.2, -0.15) is 0 Å². The van der Waals surface area contributed by atoms with Crippen LogP contribution >= 0.6 is 23.2 Å². The van der Waals surface area contributed by atoms with E-state index in [1.807, 2.05) is 44.7 Å². The molecule has 2 fully saturated rings. The van der Waals surface area contributed by atoms with Crippen molar-refractivity contribution in [3.8, 4) is 0 Å². The van der Waals surface area contributed by atoms with Gasteiger partial charge >= 0.3 is 6.09 Å². The number of amides is 1. The SMILES string of the molecule is CCOC[C@]12CN(C(=O)OC(C)(C)C)CC[C@@]1(c1ccc(Cl)c(Cl)c1)C2. The highest BCUT2D eigenvalue weighted by atomic mass is 35.5. The normalized spacial score (nSPS) is 27.8. The minimum absolute atomic E-state index is 0.00505. The molecule has 144 valence electrons. The van der Waals surface area contributed by atoms with E-state index in [1.54, 1.807) is 0 Å². The number of fused-ring (bicyclic) bond motifs is 1. The van der Waals surface area contributed by atoms with E-state index in [0.29, 0.717) is 36.3 Å². The third-order valence-corrected chi connectivity index (χ3v) is 6.28. The number of nitrogens with zero attached hydrogens (tertiary/aromatic N) is 1. The predicted molar refractivity (Wildman–Crippen MR) is 104 cm³/mol. The molecule has 1 saturated carbocycles. The Morgan fingerprint density at radius 3 is 2.62 bits per heavy atom. The van der Waals surface area contributed by atoms with Gasteiger partial charge in [0.2, 0.25) is 0 Å². The number of hydrogen-bond acceptors (Lipinski definition) is 3. The Kier molecular flexibility index (Phi) is 5.24. The summed E-state index contributed by atoms with van der Waals surface area (Å²) >= 11 is 12.4. The van der Waals surface area contributed by atoms with Crippen LogP contribution in [-0.2, 0) is 14.9 Å². The summed E-state index contributed by atoms with van der Waals surface area (Å²) in [4.78, 5) is 14.4. The van der Waals surface area contributed by atoms with Crippen LogP contribution in [0.2, 0.25) is 10.0 Å². The zero-order chi connectivity index (χ0) is 19.2. The Morgan fingerprint density at radius 1 is 1.27 bits per heavy atom. The Balaban J connectivity index is 1.84. The lowest BCUT2D eigenvalue weighted by Gasteiger charge is -2.38. The predicted octanol–water partition coefficient (Wildman–Crippen LogP) is 5.30. The van der Waals surface area contributed by atoms with Crippen LogP contribution in [0.25, 0.3) is 0 Å². The smallest absolute Gasteiger partial charge is 0.410 e. The molecule has 0 spiro atoms. The van der Waals surface area contributed by atoms with Crippen LogP contribution in [0, 0.1) is 5.41 Å². The lowest BCUT2D eigenvalue weighted by Crippen LogP contribution is -2.48. The Bertz CT molecular complexity index is 703. The van der Waals surface area contributed by atoms with Gasteiger partial charge in [-0.3, -0.25) is 0 Å². The molecule has 0 N–H and O–H groups in total. The minimum Gasteiger partial charge on any atom is -0.444 e.